The van der Waals surface area contributed by atoms with Crippen molar-refractivity contribution in [2.24, 2.45) is 7.05 Å². The Labute approximate surface area is 168 Å². The molecule has 0 bridgehead atoms. The van der Waals surface area contributed by atoms with E-state index < -0.39 is 21.5 Å². The first-order valence-electron chi connectivity index (χ1n) is 9.07. The number of furan rings is 1. The lowest BCUT2D eigenvalue weighted by atomic mass is 10.1. The van der Waals surface area contributed by atoms with Gasteiger partial charge in [0.05, 0.1) is 10.5 Å². The van der Waals surface area contributed by atoms with E-state index in [0.29, 0.717) is 18.8 Å². The lowest BCUT2D eigenvalue weighted by Gasteiger charge is -2.18. The van der Waals surface area contributed by atoms with Gasteiger partial charge in [-0.1, -0.05) is 13.8 Å². The lowest BCUT2D eigenvalue weighted by Crippen LogP contribution is -2.30. The largest absolute Gasteiger partial charge is 0.442 e. The molecule has 0 saturated heterocycles. The summed E-state index contributed by atoms with van der Waals surface area (Å²) in [5.41, 5.74) is 0.200. The van der Waals surface area contributed by atoms with Crippen molar-refractivity contribution < 1.29 is 17.6 Å². The van der Waals surface area contributed by atoms with Gasteiger partial charge in [-0.25, -0.2) is 13.4 Å². The molecule has 2 aromatic heterocycles. The van der Waals surface area contributed by atoms with Crippen molar-refractivity contribution in [2.75, 3.05) is 18.4 Å². The number of nitrogens with zero attached hydrogens (tertiary/aromatic N) is 3. The summed E-state index contributed by atoms with van der Waals surface area (Å²) in [5.74, 6) is -0.264. The summed E-state index contributed by atoms with van der Waals surface area (Å²) in [7, 11) is -2.05. The summed E-state index contributed by atoms with van der Waals surface area (Å²) in [5, 5.41) is 2.78. The second kappa shape index (κ2) is 7.80. The number of benzene rings is 1. The molecule has 0 fully saturated rings. The highest BCUT2D eigenvalue weighted by Crippen LogP contribution is 2.23. The number of aryl methyl sites for hydroxylation is 2. The van der Waals surface area contributed by atoms with Crippen LogP contribution in [0.5, 0.6) is 0 Å². The van der Waals surface area contributed by atoms with Gasteiger partial charge >= 0.3 is 0 Å². The first-order chi connectivity index (χ1) is 13.7. The van der Waals surface area contributed by atoms with E-state index in [2.05, 4.69) is 10.3 Å². The standard InChI is InChI=1S/C19H22N4O5S/c1-5-23(6-2)29(26,27)14-9-7-13(8-10-14)21-17(24)15-12(3)28-18-16(15)19(25)22(4)11-20-18/h7-11H,5-6H2,1-4H3,(H,21,24). The molecule has 29 heavy (non-hydrogen) atoms. The molecule has 154 valence electrons. The van der Waals surface area contributed by atoms with Gasteiger partial charge in [0.2, 0.25) is 15.7 Å². The fourth-order valence-electron chi connectivity index (χ4n) is 3.08. The number of aromatic nitrogens is 2. The number of hydrogen-bond donors (Lipinski definition) is 1. The zero-order valence-corrected chi connectivity index (χ0v) is 17.4. The highest BCUT2D eigenvalue weighted by atomic mass is 32.2. The number of rotatable bonds is 6. The van der Waals surface area contributed by atoms with Gasteiger partial charge in [-0.15, -0.1) is 0 Å². The van der Waals surface area contributed by atoms with E-state index >= 15 is 0 Å². The zero-order valence-electron chi connectivity index (χ0n) is 16.6. The van der Waals surface area contributed by atoms with Crippen molar-refractivity contribution in [2.45, 2.75) is 25.7 Å². The molecular weight excluding hydrogens is 396 g/mol. The second-order valence-corrected chi connectivity index (χ2v) is 8.38. The minimum atomic E-state index is -3.58. The van der Waals surface area contributed by atoms with Crippen LogP contribution >= 0.6 is 0 Å². The lowest BCUT2D eigenvalue weighted by molar-refractivity contribution is 0.102. The van der Waals surface area contributed by atoms with Gasteiger partial charge in [0.25, 0.3) is 11.5 Å². The zero-order chi connectivity index (χ0) is 21.3. The monoisotopic (exact) mass is 418 g/mol. The molecule has 0 spiro atoms. The third kappa shape index (κ3) is 3.68. The summed E-state index contributed by atoms with van der Waals surface area (Å²) < 4.78 is 33.2. The van der Waals surface area contributed by atoms with Gasteiger partial charge in [0.1, 0.15) is 17.5 Å². The predicted octanol–water partition coefficient (Wildman–Crippen LogP) is 2.12. The fraction of sp³-hybridized carbons (Fsp3) is 0.316. The number of sulfonamides is 1. The summed E-state index contributed by atoms with van der Waals surface area (Å²) in [6.07, 6.45) is 1.32. The molecule has 1 aromatic carbocycles. The van der Waals surface area contributed by atoms with E-state index in [9.17, 15) is 18.0 Å². The summed E-state index contributed by atoms with van der Waals surface area (Å²) in [4.78, 5) is 29.4. The molecule has 10 heteroatoms. The number of anilines is 1. The average molecular weight is 418 g/mol. The SMILES string of the molecule is CCN(CC)S(=O)(=O)c1ccc(NC(=O)c2c(C)oc3ncn(C)c(=O)c23)cc1. The van der Waals surface area contributed by atoms with Crippen molar-refractivity contribution >= 4 is 32.7 Å². The molecule has 1 amide bonds. The third-order valence-corrected chi connectivity index (χ3v) is 6.69. The highest BCUT2D eigenvalue weighted by molar-refractivity contribution is 7.89. The fourth-order valence-corrected chi connectivity index (χ4v) is 4.54. The molecule has 0 saturated carbocycles. The molecule has 0 unspecified atom stereocenters. The molecule has 0 aliphatic carbocycles. The molecule has 3 aromatic rings. The molecule has 0 aliphatic heterocycles. The van der Waals surface area contributed by atoms with Crippen LogP contribution in [-0.2, 0) is 17.1 Å². The van der Waals surface area contributed by atoms with E-state index in [-0.39, 0.29) is 27.3 Å². The molecule has 0 aliphatic rings. The number of carbonyl (C=O) groups excluding carboxylic acids is 1. The van der Waals surface area contributed by atoms with Gasteiger partial charge in [-0.3, -0.25) is 9.59 Å². The van der Waals surface area contributed by atoms with Gasteiger partial charge in [0.15, 0.2) is 0 Å². The molecule has 1 N–H and O–H groups in total. The van der Waals surface area contributed by atoms with Crippen LogP contribution in [0.1, 0.15) is 30.0 Å². The van der Waals surface area contributed by atoms with Crippen molar-refractivity contribution in [1.29, 1.82) is 0 Å². The van der Waals surface area contributed by atoms with Crippen LogP contribution in [0.2, 0.25) is 0 Å². The Balaban J connectivity index is 1.91. The first-order valence-corrected chi connectivity index (χ1v) is 10.5. The van der Waals surface area contributed by atoms with E-state index in [1.807, 2.05) is 0 Å². The number of amides is 1. The molecule has 9 nitrogen and oxygen atoms in total. The maximum absolute atomic E-state index is 12.8. The van der Waals surface area contributed by atoms with Crippen LogP contribution in [-0.4, -0.2) is 41.3 Å². The maximum atomic E-state index is 12.8. The van der Waals surface area contributed by atoms with Gasteiger partial charge in [-0.2, -0.15) is 4.31 Å². The second-order valence-electron chi connectivity index (χ2n) is 6.44. The third-order valence-electron chi connectivity index (χ3n) is 4.63. The van der Waals surface area contributed by atoms with Crippen molar-refractivity contribution in [3.8, 4) is 0 Å². The minimum absolute atomic E-state index is 0.0939. The van der Waals surface area contributed by atoms with Gasteiger partial charge in [0, 0.05) is 25.8 Å². The van der Waals surface area contributed by atoms with Crippen molar-refractivity contribution in [1.82, 2.24) is 13.9 Å². The normalized spacial score (nSPS) is 11.9. The van der Waals surface area contributed by atoms with E-state index in [1.54, 1.807) is 20.8 Å². The van der Waals surface area contributed by atoms with Crippen LogP contribution < -0.4 is 10.9 Å². The summed E-state index contributed by atoms with van der Waals surface area (Å²) in [6.45, 7) is 5.86. The van der Waals surface area contributed by atoms with Crippen molar-refractivity contribution in [3.63, 3.8) is 0 Å². The average Bonchev–Trinajstić information content (AvgIpc) is 3.03. The van der Waals surface area contributed by atoms with Crippen LogP contribution in [0.4, 0.5) is 5.69 Å². The van der Waals surface area contributed by atoms with Crippen molar-refractivity contribution in [3.05, 3.63) is 52.3 Å². The van der Waals surface area contributed by atoms with Crippen LogP contribution in [0, 0.1) is 6.92 Å². The Kier molecular flexibility index (Phi) is 5.58. The summed E-state index contributed by atoms with van der Waals surface area (Å²) >= 11 is 0. The topological polar surface area (TPSA) is 115 Å². The van der Waals surface area contributed by atoms with Crippen LogP contribution in [0.25, 0.3) is 11.1 Å². The Morgan fingerprint density at radius 2 is 1.83 bits per heavy atom. The van der Waals surface area contributed by atoms with E-state index in [4.69, 9.17) is 4.42 Å². The smallest absolute Gasteiger partial charge is 0.265 e. The molecule has 2 heterocycles. The highest BCUT2D eigenvalue weighted by Gasteiger charge is 2.24. The van der Waals surface area contributed by atoms with Gasteiger partial charge < -0.3 is 14.3 Å². The quantitative estimate of drug-likeness (QED) is 0.656. The number of hydrogen-bond acceptors (Lipinski definition) is 6. The Hall–Kier alpha value is -2.98. The van der Waals surface area contributed by atoms with E-state index in [0.717, 1.165) is 0 Å². The molecule has 0 radical (unpaired) electrons. The molecule has 3 rings (SSSR count). The molecular formula is C19H22N4O5S. The Bertz CT molecular complexity index is 1220. The Morgan fingerprint density at radius 1 is 1.21 bits per heavy atom. The Morgan fingerprint density at radius 3 is 2.41 bits per heavy atom. The van der Waals surface area contributed by atoms with Crippen LogP contribution in [0.3, 0.4) is 0 Å². The number of fused-ring (bicyclic) bond motifs is 1. The maximum Gasteiger partial charge on any atom is 0.265 e. The number of carbonyl (C=O) groups is 1. The predicted molar refractivity (Wildman–Crippen MR) is 108 cm³/mol. The first kappa shape index (κ1) is 20.7. The van der Waals surface area contributed by atoms with Crippen LogP contribution in [0.15, 0.2) is 44.7 Å². The van der Waals surface area contributed by atoms with Gasteiger partial charge in [-0.05, 0) is 31.2 Å². The summed E-state index contributed by atoms with van der Waals surface area (Å²) in [6, 6.07) is 5.87. The molecule has 0 atom stereocenters. The minimum Gasteiger partial charge on any atom is -0.442 e. The van der Waals surface area contributed by atoms with E-state index in [1.165, 1.54) is 46.5 Å². The number of nitrogens with one attached hydrogen (secondary N) is 1.